The summed E-state index contributed by atoms with van der Waals surface area (Å²) in [5, 5.41) is 3.52. The van der Waals surface area contributed by atoms with Crippen molar-refractivity contribution in [3.63, 3.8) is 0 Å². The van der Waals surface area contributed by atoms with Gasteiger partial charge < -0.3 is 19.6 Å². The molecule has 31 heavy (non-hydrogen) atoms. The summed E-state index contributed by atoms with van der Waals surface area (Å²) in [4.78, 5) is 21.3. The number of benzene rings is 2. The highest BCUT2D eigenvalue weighted by molar-refractivity contribution is 6.34. The van der Waals surface area contributed by atoms with Crippen LogP contribution in [0.5, 0.6) is 0 Å². The molecule has 160 valence electrons. The third-order valence-corrected chi connectivity index (χ3v) is 5.87. The topological polar surface area (TPSA) is 71.9 Å². The predicted octanol–water partition coefficient (Wildman–Crippen LogP) is 5.59. The molecule has 2 N–H and O–H groups in total. The van der Waals surface area contributed by atoms with Crippen LogP contribution in [-0.4, -0.2) is 34.2 Å². The van der Waals surface area contributed by atoms with Crippen molar-refractivity contribution in [2.75, 3.05) is 19.0 Å². The Morgan fingerprint density at radius 3 is 2.65 bits per heavy atom. The largest absolute Gasteiger partial charge is 0.385 e. The fourth-order valence-corrected chi connectivity index (χ4v) is 4.04. The highest BCUT2D eigenvalue weighted by Crippen LogP contribution is 2.36. The molecule has 6 nitrogen and oxygen atoms in total. The number of carbonyl (C=O) groups is 1. The summed E-state index contributed by atoms with van der Waals surface area (Å²) in [6.07, 6.45) is 0.819. The Labute approximate surface area is 186 Å². The van der Waals surface area contributed by atoms with E-state index in [-0.39, 0.29) is 5.91 Å². The van der Waals surface area contributed by atoms with Gasteiger partial charge >= 0.3 is 0 Å². The number of nitrogens with zero attached hydrogens (tertiary/aromatic N) is 2. The summed E-state index contributed by atoms with van der Waals surface area (Å²) < 4.78 is 7.35. The Morgan fingerprint density at radius 1 is 1.16 bits per heavy atom. The van der Waals surface area contributed by atoms with E-state index in [9.17, 15) is 4.79 Å². The number of aromatic nitrogens is 3. The molecule has 0 spiro atoms. The van der Waals surface area contributed by atoms with Crippen LogP contribution >= 0.6 is 11.6 Å². The first-order valence-electron chi connectivity index (χ1n) is 10.2. The molecular weight excluding hydrogens is 412 g/mol. The Balaban J connectivity index is 1.82. The lowest BCUT2D eigenvalue weighted by atomic mass is 10.1. The fourth-order valence-electron chi connectivity index (χ4n) is 3.82. The van der Waals surface area contributed by atoms with Crippen LogP contribution in [0.2, 0.25) is 5.02 Å². The molecule has 7 heteroatoms. The third kappa shape index (κ3) is 4.09. The van der Waals surface area contributed by atoms with Crippen LogP contribution in [0.1, 0.15) is 28.0 Å². The molecule has 0 aliphatic carbocycles. The van der Waals surface area contributed by atoms with Crippen LogP contribution in [0.15, 0.2) is 48.5 Å². The molecule has 0 unspecified atom stereocenters. The lowest BCUT2D eigenvalue weighted by Crippen LogP contribution is -2.17. The molecule has 2 aromatic heterocycles. The summed E-state index contributed by atoms with van der Waals surface area (Å²) in [6, 6.07) is 14.9. The van der Waals surface area contributed by atoms with Crippen LogP contribution in [0.3, 0.4) is 0 Å². The maximum Gasteiger partial charge on any atom is 0.258 e. The van der Waals surface area contributed by atoms with Crippen LogP contribution in [0.25, 0.3) is 22.4 Å². The summed E-state index contributed by atoms with van der Waals surface area (Å²) >= 11 is 6.27. The van der Waals surface area contributed by atoms with Crippen molar-refractivity contribution in [2.45, 2.75) is 26.8 Å². The van der Waals surface area contributed by atoms with Gasteiger partial charge in [-0.05, 0) is 50.1 Å². The zero-order valence-electron chi connectivity index (χ0n) is 17.8. The highest BCUT2D eigenvalue weighted by atomic mass is 35.5. The lowest BCUT2D eigenvalue weighted by molar-refractivity contribution is 0.102. The van der Waals surface area contributed by atoms with E-state index in [2.05, 4.69) is 28.7 Å². The Morgan fingerprint density at radius 2 is 1.90 bits per heavy atom. The van der Waals surface area contributed by atoms with E-state index in [4.69, 9.17) is 21.3 Å². The predicted molar refractivity (Wildman–Crippen MR) is 125 cm³/mol. The number of fused-ring (bicyclic) bond motifs is 1. The van der Waals surface area contributed by atoms with Crippen molar-refractivity contribution < 1.29 is 9.53 Å². The molecular formula is C24H25ClN4O2. The molecule has 0 atom stereocenters. The number of amides is 1. The maximum absolute atomic E-state index is 13.1. The van der Waals surface area contributed by atoms with Gasteiger partial charge in [0.25, 0.3) is 5.91 Å². The summed E-state index contributed by atoms with van der Waals surface area (Å²) in [7, 11) is 1.69. The number of imidazole rings is 1. The Bertz CT molecular complexity index is 1210. The maximum atomic E-state index is 13.1. The Kier molecular flexibility index (Phi) is 6.11. The quantitative estimate of drug-likeness (QED) is 0.371. The van der Waals surface area contributed by atoms with E-state index in [1.165, 1.54) is 0 Å². The average Bonchev–Trinajstić information content (AvgIpc) is 3.28. The van der Waals surface area contributed by atoms with Gasteiger partial charge in [0.1, 0.15) is 11.6 Å². The van der Waals surface area contributed by atoms with Gasteiger partial charge in [0.05, 0.1) is 27.2 Å². The fraction of sp³-hybridized carbons (Fsp3) is 0.250. The minimum absolute atomic E-state index is 0.256. The van der Waals surface area contributed by atoms with E-state index < -0.39 is 0 Å². The number of hydrogen-bond acceptors (Lipinski definition) is 3. The average molecular weight is 437 g/mol. The minimum atomic E-state index is -0.256. The van der Waals surface area contributed by atoms with Gasteiger partial charge in [-0.15, -0.1) is 0 Å². The number of nitrogens with one attached hydrogen (secondary N) is 2. The summed E-state index contributed by atoms with van der Waals surface area (Å²) in [5.74, 6) is 1.17. The van der Waals surface area contributed by atoms with Gasteiger partial charge in [-0.2, -0.15) is 0 Å². The van der Waals surface area contributed by atoms with E-state index >= 15 is 0 Å². The summed E-state index contributed by atoms with van der Waals surface area (Å²) in [6.45, 7) is 5.45. The number of aromatic amines is 1. The molecule has 1 amide bonds. The van der Waals surface area contributed by atoms with Gasteiger partial charge in [0.15, 0.2) is 0 Å². The zero-order valence-corrected chi connectivity index (χ0v) is 18.6. The molecule has 0 saturated carbocycles. The molecule has 0 saturated heterocycles. The van der Waals surface area contributed by atoms with Gasteiger partial charge in [0, 0.05) is 26.0 Å². The molecule has 0 fully saturated rings. The first-order chi connectivity index (χ1) is 15.0. The van der Waals surface area contributed by atoms with Crippen molar-refractivity contribution in [3.05, 3.63) is 70.4 Å². The summed E-state index contributed by atoms with van der Waals surface area (Å²) in [5.41, 5.74) is 5.27. The van der Waals surface area contributed by atoms with Gasteiger partial charge in [0.2, 0.25) is 0 Å². The monoisotopic (exact) mass is 436 g/mol. The van der Waals surface area contributed by atoms with Gasteiger partial charge in [-0.1, -0.05) is 35.9 Å². The molecule has 0 aliphatic rings. The van der Waals surface area contributed by atoms with E-state index in [1.807, 2.05) is 24.3 Å². The van der Waals surface area contributed by atoms with E-state index in [0.29, 0.717) is 29.6 Å². The molecule has 0 radical (unpaired) electrons. The second-order valence-electron chi connectivity index (χ2n) is 7.47. The highest BCUT2D eigenvalue weighted by Gasteiger charge is 2.24. The van der Waals surface area contributed by atoms with Crippen LogP contribution in [0, 0.1) is 13.8 Å². The SMILES string of the molecule is COCCCn1c(C)c(C)c(-c2nc3ccccc3[nH]2)c1NC(=O)c1ccccc1Cl. The van der Waals surface area contributed by atoms with Crippen molar-refractivity contribution in [1.82, 2.24) is 14.5 Å². The van der Waals surface area contributed by atoms with Gasteiger partial charge in [-0.25, -0.2) is 4.98 Å². The number of ether oxygens (including phenoxy) is 1. The van der Waals surface area contributed by atoms with E-state index in [1.54, 1.807) is 31.4 Å². The van der Waals surface area contributed by atoms with Crippen molar-refractivity contribution in [3.8, 4) is 11.4 Å². The molecule has 4 rings (SSSR count). The zero-order chi connectivity index (χ0) is 22.0. The molecule has 0 bridgehead atoms. The van der Waals surface area contributed by atoms with Gasteiger partial charge in [-0.3, -0.25) is 4.79 Å². The van der Waals surface area contributed by atoms with Crippen LogP contribution in [-0.2, 0) is 11.3 Å². The number of halogens is 1. The molecule has 2 heterocycles. The normalized spacial score (nSPS) is 11.2. The number of hydrogen-bond donors (Lipinski definition) is 2. The number of para-hydroxylation sites is 2. The first kappa shape index (κ1) is 21.2. The number of carbonyl (C=O) groups excluding carboxylic acids is 1. The standard InChI is InChI=1S/C24H25ClN4O2/c1-15-16(2)29(13-8-14-31-3)23(28-24(30)17-9-4-5-10-18(17)25)21(15)22-26-19-11-6-7-12-20(19)27-22/h4-7,9-12H,8,13-14H2,1-3H3,(H,26,27)(H,28,30). The van der Waals surface area contributed by atoms with Crippen molar-refractivity contribution >= 4 is 34.4 Å². The second kappa shape index (κ2) is 8.96. The first-order valence-corrected chi connectivity index (χ1v) is 10.6. The van der Waals surface area contributed by atoms with Crippen molar-refractivity contribution in [2.24, 2.45) is 0 Å². The number of H-pyrrole nitrogens is 1. The molecule has 2 aromatic carbocycles. The smallest absolute Gasteiger partial charge is 0.258 e. The van der Waals surface area contributed by atoms with Crippen LogP contribution in [0.4, 0.5) is 5.82 Å². The number of rotatable bonds is 7. The Hall–Kier alpha value is -3.09. The molecule has 4 aromatic rings. The number of anilines is 1. The molecule has 0 aliphatic heterocycles. The van der Waals surface area contributed by atoms with Crippen LogP contribution < -0.4 is 5.32 Å². The number of methoxy groups -OCH3 is 1. The lowest BCUT2D eigenvalue weighted by Gasteiger charge is -2.14. The minimum Gasteiger partial charge on any atom is -0.385 e. The van der Waals surface area contributed by atoms with Crippen molar-refractivity contribution in [1.29, 1.82) is 0 Å². The second-order valence-corrected chi connectivity index (χ2v) is 7.88. The van der Waals surface area contributed by atoms with E-state index in [0.717, 1.165) is 40.1 Å². The third-order valence-electron chi connectivity index (χ3n) is 5.54.